The van der Waals surface area contributed by atoms with Crippen molar-refractivity contribution >= 4 is 24.8 Å². The number of rotatable bonds is 5. The van der Waals surface area contributed by atoms with Gasteiger partial charge in [0.25, 0.3) is 0 Å². The molecule has 1 fully saturated rings. The van der Waals surface area contributed by atoms with Gasteiger partial charge in [0, 0.05) is 6.42 Å². The first kappa shape index (κ1) is 17.2. The molecular formula is C11H16N5O7P. The van der Waals surface area contributed by atoms with E-state index >= 15 is 0 Å². The van der Waals surface area contributed by atoms with Gasteiger partial charge in [0.2, 0.25) is 0 Å². The van der Waals surface area contributed by atoms with Crippen LogP contribution in [0.4, 0.5) is 5.82 Å². The van der Waals surface area contributed by atoms with Crippen LogP contribution in [0.2, 0.25) is 0 Å². The van der Waals surface area contributed by atoms with Crippen LogP contribution in [-0.4, -0.2) is 64.4 Å². The summed E-state index contributed by atoms with van der Waals surface area (Å²) < 4.78 is 22.0. The highest BCUT2D eigenvalue weighted by molar-refractivity contribution is 7.46. The summed E-state index contributed by atoms with van der Waals surface area (Å²) in [6.45, 7) is -0.342. The number of ether oxygens (including phenoxy) is 1. The Kier molecular flexibility index (Phi) is 4.53. The molecule has 1 unspecified atom stereocenters. The Morgan fingerprint density at radius 3 is 2.75 bits per heavy atom. The lowest BCUT2D eigenvalue weighted by Gasteiger charge is -2.16. The molecule has 0 saturated carbocycles. The van der Waals surface area contributed by atoms with E-state index < -0.39 is 32.4 Å². The van der Waals surface area contributed by atoms with Crippen LogP contribution in [0.5, 0.6) is 0 Å². The van der Waals surface area contributed by atoms with Crippen LogP contribution in [0.3, 0.4) is 0 Å². The van der Waals surface area contributed by atoms with Gasteiger partial charge in [-0.15, -0.1) is 0 Å². The maximum atomic E-state index is 10.7. The maximum Gasteiger partial charge on any atom is 0.469 e. The molecule has 12 nitrogen and oxygen atoms in total. The van der Waals surface area contributed by atoms with E-state index in [1.165, 1.54) is 17.2 Å². The molecule has 24 heavy (non-hydrogen) atoms. The second kappa shape index (κ2) is 6.33. The van der Waals surface area contributed by atoms with Crippen molar-refractivity contribution in [3.8, 4) is 0 Å². The Hall–Kier alpha value is -1.66. The maximum absolute atomic E-state index is 10.7. The molecule has 0 bridgehead atoms. The molecule has 0 radical (unpaired) electrons. The minimum atomic E-state index is -4.60. The molecule has 0 spiro atoms. The number of hydrogen-bond donors (Lipinski definition) is 5. The van der Waals surface area contributed by atoms with Gasteiger partial charge in [-0.3, -0.25) is 9.09 Å². The summed E-state index contributed by atoms with van der Waals surface area (Å²) in [7, 11) is -4.60. The summed E-state index contributed by atoms with van der Waals surface area (Å²) in [4.78, 5) is 29.2. The van der Waals surface area contributed by atoms with Crippen molar-refractivity contribution in [1.82, 2.24) is 19.5 Å². The fourth-order valence-corrected chi connectivity index (χ4v) is 2.88. The minimum Gasteiger partial charge on any atom is -0.388 e. The number of aliphatic hydroxyl groups excluding tert-OH is 2. The fourth-order valence-electron chi connectivity index (χ4n) is 2.54. The van der Waals surface area contributed by atoms with Crippen molar-refractivity contribution in [2.45, 2.75) is 31.0 Å². The van der Waals surface area contributed by atoms with E-state index in [0.717, 1.165) is 0 Å². The predicted molar refractivity (Wildman–Crippen MR) is 78.3 cm³/mol. The third-order valence-corrected chi connectivity index (χ3v) is 4.18. The zero-order chi connectivity index (χ0) is 17.5. The number of hydrogen-bond acceptors (Lipinski definition) is 9. The molecule has 0 amide bonds. The number of aromatic nitrogens is 4. The molecule has 1 aliphatic heterocycles. The summed E-state index contributed by atoms with van der Waals surface area (Å²) in [6, 6.07) is 0. The summed E-state index contributed by atoms with van der Waals surface area (Å²) in [6.07, 6.45) is -1.87. The third kappa shape index (κ3) is 3.26. The molecule has 2 aromatic heterocycles. The Morgan fingerprint density at radius 1 is 1.29 bits per heavy atom. The lowest BCUT2D eigenvalue weighted by molar-refractivity contribution is -0.0404. The van der Waals surface area contributed by atoms with Gasteiger partial charge in [0.15, 0.2) is 17.7 Å². The topological polar surface area (TPSA) is 186 Å². The monoisotopic (exact) mass is 361 g/mol. The largest absolute Gasteiger partial charge is 0.469 e. The number of anilines is 1. The zero-order valence-corrected chi connectivity index (χ0v) is 13.1. The lowest BCUT2D eigenvalue weighted by Crippen LogP contribution is -2.32. The molecule has 0 aliphatic carbocycles. The summed E-state index contributed by atoms with van der Waals surface area (Å²) in [5.74, 6) is 0.165. The predicted octanol–water partition coefficient (Wildman–Crippen LogP) is -1.47. The molecule has 3 rings (SSSR count). The Bertz CT molecular complexity index is 779. The molecule has 1 saturated heterocycles. The molecule has 3 heterocycles. The van der Waals surface area contributed by atoms with Crippen LogP contribution in [-0.2, 0) is 13.8 Å². The quantitative estimate of drug-likeness (QED) is 0.391. The van der Waals surface area contributed by atoms with Gasteiger partial charge in [-0.1, -0.05) is 0 Å². The molecular weight excluding hydrogens is 345 g/mol. The Labute approximate surface area is 135 Å². The van der Waals surface area contributed by atoms with Crippen LogP contribution in [0.1, 0.15) is 12.6 Å². The highest BCUT2D eigenvalue weighted by Crippen LogP contribution is 2.37. The van der Waals surface area contributed by atoms with Crippen molar-refractivity contribution < 1.29 is 33.8 Å². The zero-order valence-electron chi connectivity index (χ0n) is 12.2. The number of nitrogens with two attached hydrogens (primary N) is 1. The first-order valence-corrected chi connectivity index (χ1v) is 8.45. The van der Waals surface area contributed by atoms with Crippen LogP contribution < -0.4 is 5.73 Å². The highest BCUT2D eigenvalue weighted by atomic mass is 31.2. The van der Waals surface area contributed by atoms with E-state index in [0.29, 0.717) is 11.2 Å². The summed E-state index contributed by atoms with van der Waals surface area (Å²) >= 11 is 0. The summed E-state index contributed by atoms with van der Waals surface area (Å²) in [5.41, 5.74) is 6.35. The van der Waals surface area contributed by atoms with Crippen molar-refractivity contribution in [2.24, 2.45) is 0 Å². The highest BCUT2D eigenvalue weighted by Gasteiger charge is 2.44. The van der Waals surface area contributed by atoms with E-state index in [1.807, 2.05) is 0 Å². The third-order valence-electron chi connectivity index (χ3n) is 3.66. The van der Waals surface area contributed by atoms with Crippen molar-refractivity contribution in [3.05, 3.63) is 12.7 Å². The van der Waals surface area contributed by atoms with Gasteiger partial charge in [0.05, 0.1) is 19.0 Å². The average molecular weight is 361 g/mol. The van der Waals surface area contributed by atoms with Gasteiger partial charge < -0.3 is 30.5 Å². The van der Waals surface area contributed by atoms with Gasteiger partial charge in [0.1, 0.15) is 24.1 Å². The van der Waals surface area contributed by atoms with E-state index in [4.69, 9.17) is 20.3 Å². The first-order valence-electron chi connectivity index (χ1n) is 6.92. The number of nitrogen functional groups attached to an aromatic ring is 1. The summed E-state index contributed by atoms with van der Waals surface area (Å²) in [5, 5.41) is 20.3. The molecule has 0 aromatic carbocycles. The van der Waals surface area contributed by atoms with Gasteiger partial charge in [-0.2, -0.15) is 0 Å². The van der Waals surface area contributed by atoms with Crippen LogP contribution in [0, 0.1) is 0 Å². The van der Waals surface area contributed by atoms with Crippen molar-refractivity contribution in [3.63, 3.8) is 0 Å². The number of fused-ring (bicyclic) bond motifs is 1. The van der Waals surface area contributed by atoms with Crippen molar-refractivity contribution in [2.75, 3.05) is 12.3 Å². The Morgan fingerprint density at radius 2 is 2.04 bits per heavy atom. The molecule has 1 aliphatic rings. The van der Waals surface area contributed by atoms with E-state index in [1.54, 1.807) is 0 Å². The van der Waals surface area contributed by atoms with Crippen LogP contribution in [0.15, 0.2) is 12.7 Å². The number of imidazole rings is 1. The SMILES string of the molecule is Nc1ncnc2c1ncn2[C@@H]1O[C@H](CCOP(=O)(O)O)[C@H](O)C1O. The molecule has 4 atom stereocenters. The lowest BCUT2D eigenvalue weighted by atomic mass is 10.1. The van der Waals surface area contributed by atoms with Crippen LogP contribution >= 0.6 is 7.82 Å². The van der Waals surface area contributed by atoms with E-state index in [2.05, 4.69) is 19.5 Å². The number of aliphatic hydroxyl groups is 2. The van der Waals surface area contributed by atoms with E-state index in [-0.39, 0.29) is 18.8 Å². The first-order chi connectivity index (χ1) is 11.3. The Balaban J connectivity index is 1.77. The molecule has 13 heteroatoms. The van der Waals surface area contributed by atoms with Crippen LogP contribution in [0.25, 0.3) is 11.2 Å². The van der Waals surface area contributed by atoms with Crippen molar-refractivity contribution in [1.29, 1.82) is 0 Å². The standard InChI is InChI=1S/C11H16N5O7P/c12-9-6-10(14-3-13-9)16(4-15-6)11-8(18)7(17)5(23-11)1-2-22-24(19,20)21/h3-5,7-8,11,17-18H,1-2H2,(H2,12,13,14)(H2,19,20,21)/t5-,7+,8?,11-/m1/s1. The van der Waals surface area contributed by atoms with Gasteiger partial charge in [-0.05, 0) is 0 Å². The number of nitrogens with zero attached hydrogens (tertiary/aromatic N) is 4. The minimum absolute atomic E-state index is 0.0242. The second-order valence-electron chi connectivity index (χ2n) is 5.24. The second-order valence-corrected chi connectivity index (χ2v) is 6.48. The van der Waals surface area contributed by atoms with Gasteiger partial charge >= 0.3 is 7.82 Å². The van der Waals surface area contributed by atoms with E-state index in [9.17, 15) is 14.8 Å². The smallest absolute Gasteiger partial charge is 0.388 e. The number of phosphoric acid groups is 1. The molecule has 132 valence electrons. The fraction of sp³-hybridized carbons (Fsp3) is 0.545. The molecule has 6 N–H and O–H groups in total. The van der Waals surface area contributed by atoms with Gasteiger partial charge in [-0.25, -0.2) is 19.5 Å². The average Bonchev–Trinajstić information content (AvgIpc) is 3.03. The number of phosphoric ester groups is 1. The normalized spacial score (nSPS) is 27.8. The molecule has 2 aromatic rings.